The van der Waals surface area contributed by atoms with E-state index in [9.17, 15) is 4.79 Å². The first kappa shape index (κ1) is 13.3. The summed E-state index contributed by atoms with van der Waals surface area (Å²) in [6, 6.07) is 10.5. The highest BCUT2D eigenvalue weighted by Crippen LogP contribution is 2.29. The van der Waals surface area contributed by atoms with Crippen LogP contribution in [0.25, 0.3) is 10.6 Å². The molecular weight excluding hydrogens is 272 g/mol. The summed E-state index contributed by atoms with van der Waals surface area (Å²) in [5.41, 5.74) is 2.07. The van der Waals surface area contributed by atoms with Crippen LogP contribution in [0.15, 0.2) is 35.7 Å². The monoisotopic (exact) mass is 288 g/mol. The van der Waals surface area contributed by atoms with E-state index < -0.39 is 5.97 Å². The Kier molecular flexibility index (Phi) is 3.80. The summed E-state index contributed by atoms with van der Waals surface area (Å²) >= 11 is 1.61. The lowest BCUT2D eigenvalue weighted by Gasteiger charge is -2.17. The molecule has 1 aromatic carbocycles. The molecule has 0 bridgehead atoms. The van der Waals surface area contributed by atoms with Crippen LogP contribution in [0.2, 0.25) is 0 Å². The van der Waals surface area contributed by atoms with Gasteiger partial charge in [-0.05, 0) is 12.8 Å². The number of nitrogens with zero attached hydrogens (tertiary/aromatic N) is 2. The standard InChI is InChI=1S/C15H16N2O2S/c18-14(19)9-17(13-6-7-13)8-12-10-20-15(16-12)11-4-2-1-3-5-11/h1-5,10,13H,6-9H2,(H,18,19). The first-order chi connectivity index (χ1) is 9.72. The fraction of sp³-hybridized carbons (Fsp3) is 0.333. The van der Waals surface area contributed by atoms with Crippen molar-refractivity contribution in [3.63, 3.8) is 0 Å². The maximum atomic E-state index is 10.9. The van der Waals surface area contributed by atoms with E-state index in [0.29, 0.717) is 12.6 Å². The van der Waals surface area contributed by atoms with Crippen LogP contribution in [0.3, 0.4) is 0 Å². The molecule has 0 amide bonds. The Balaban J connectivity index is 1.71. The Morgan fingerprint density at radius 1 is 1.35 bits per heavy atom. The van der Waals surface area contributed by atoms with Gasteiger partial charge < -0.3 is 5.11 Å². The van der Waals surface area contributed by atoms with Crippen molar-refractivity contribution in [2.75, 3.05) is 6.54 Å². The summed E-state index contributed by atoms with van der Waals surface area (Å²) < 4.78 is 0. The average molecular weight is 288 g/mol. The predicted octanol–water partition coefficient (Wildman–Crippen LogP) is 2.86. The van der Waals surface area contributed by atoms with Crippen LogP contribution >= 0.6 is 11.3 Å². The molecule has 1 aliphatic carbocycles. The van der Waals surface area contributed by atoms with Crippen molar-refractivity contribution in [1.29, 1.82) is 0 Å². The number of aliphatic carboxylic acids is 1. The summed E-state index contributed by atoms with van der Waals surface area (Å²) in [7, 11) is 0. The second-order valence-corrected chi connectivity index (χ2v) is 5.90. The minimum absolute atomic E-state index is 0.100. The number of rotatable bonds is 6. The van der Waals surface area contributed by atoms with Crippen LogP contribution in [0.4, 0.5) is 0 Å². The van der Waals surface area contributed by atoms with Crippen LogP contribution in [0.5, 0.6) is 0 Å². The van der Waals surface area contributed by atoms with Gasteiger partial charge in [-0.15, -0.1) is 11.3 Å². The number of hydrogen-bond donors (Lipinski definition) is 1. The number of carbonyl (C=O) groups is 1. The largest absolute Gasteiger partial charge is 0.480 e. The summed E-state index contributed by atoms with van der Waals surface area (Å²) in [6.45, 7) is 0.725. The maximum absolute atomic E-state index is 10.9. The smallest absolute Gasteiger partial charge is 0.317 e. The second kappa shape index (κ2) is 5.73. The normalized spacial score (nSPS) is 14.7. The van der Waals surface area contributed by atoms with Gasteiger partial charge in [-0.2, -0.15) is 0 Å². The van der Waals surface area contributed by atoms with Gasteiger partial charge in [0.1, 0.15) is 5.01 Å². The molecule has 4 nitrogen and oxygen atoms in total. The summed E-state index contributed by atoms with van der Waals surface area (Å²) in [5, 5.41) is 12.0. The first-order valence-corrected chi connectivity index (χ1v) is 7.56. The van der Waals surface area contributed by atoms with Crippen LogP contribution in [-0.4, -0.2) is 33.5 Å². The van der Waals surface area contributed by atoms with Gasteiger partial charge in [0.05, 0.1) is 12.2 Å². The van der Waals surface area contributed by atoms with Gasteiger partial charge in [-0.25, -0.2) is 4.98 Å². The third-order valence-corrected chi connectivity index (χ3v) is 4.28. The van der Waals surface area contributed by atoms with Crippen molar-refractivity contribution in [3.8, 4) is 10.6 Å². The molecule has 1 heterocycles. The Morgan fingerprint density at radius 2 is 2.10 bits per heavy atom. The van der Waals surface area contributed by atoms with Crippen LogP contribution in [-0.2, 0) is 11.3 Å². The van der Waals surface area contributed by atoms with E-state index in [-0.39, 0.29) is 6.54 Å². The zero-order valence-corrected chi connectivity index (χ0v) is 11.8. The van der Waals surface area contributed by atoms with Crippen LogP contribution < -0.4 is 0 Å². The molecule has 2 aromatic rings. The molecule has 0 aliphatic heterocycles. The highest BCUT2D eigenvalue weighted by molar-refractivity contribution is 7.13. The molecule has 3 rings (SSSR count). The van der Waals surface area contributed by atoms with Gasteiger partial charge in [0.25, 0.3) is 0 Å². The van der Waals surface area contributed by atoms with E-state index in [1.165, 1.54) is 0 Å². The minimum Gasteiger partial charge on any atom is -0.480 e. The van der Waals surface area contributed by atoms with E-state index in [1.807, 2.05) is 40.6 Å². The quantitative estimate of drug-likeness (QED) is 0.888. The number of benzene rings is 1. The Bertz CT molecular complexity index is 593. The van der Waals surface area contributed by atoms with E-state index in [1.54, 1.807) is 11.3 Å². The van der Waals surface area contributed by atoms with E-state index in [0.717, 1.165) is 29.1 Å². The van der Waals surface area contributed by atoms with Crippen molar-refractivity contribution < 1.29 is 9.90 Å². The summed E-state index contributed by atoms with van der Waals surface area (Å²) in [6.07, 6.45) is 2.20. The van der Waals surface area contributed by atoms with Crippen molar-refractivity contribution in [2.45, 2.75) is 25.4 Å². The lowest BCUT2D eigenvalue weighted by atomic mass is 10.2. The fourth-order valence-corrected chi connectivity index (χ4v) is 3.05. The number of aromatic nitrogens is 1. The molecule has 1 fully saturated rings. The van der Waals surface area contributed by atoms with E-state index >= 15 is 0 Å². The van der Waals surface area contributed by atoms with Gasteiger partial charge in [0, 0.05) is 23.5 Å². The number of carboxylic acids is 1. The molecular formula is C15H16N2O2S. The molecule has 104 valence electrons. The third kappa shape index (κ3) is 3.23. The molecule has 1 aliphatic rings. The molecule has 1 saturated carbocycles. The maximum Gasteiger partial charge on any atom is 0.317 e. The predicted molar refractivity (Wildman–Crippen MR) is 78.6 cm³/mol. The highest BCUT2D eigenvalue weighted by atomic mass is 32.1. The highest BCUT2D eigenvalue weighted by Gasteiger charge is 2.30. The lowest BCUT2D eigenvalue weighted by molar-refractivity contribution is -0.138. The Labute approximate surface area is 121 Å². The summed E-state index contributed by atoms with van der Waals surface area (Å²) in [4.78, 5) is 17.5. The van der Waals surface area contributed by atoms with Crippen LogP contribution in [0, 0.1) is 0 Å². The van der Waals surface area contributed by atoms with Crippen molar-refractivity contribution in [3.05, 3.63) is 41.4 Å². The molecule has 1 N–H and O–H groups in total. The van der Waals surface area contributed by atoms with Gasteiger partial charge in [0.15, 0.2) is 0 Å². The SMILES string of the molecule is O=C(O)CN(Cc1csc(-c2ccccc2)n1)C1CC1. The second-order valence-electron chi connectivity index (χ2n) is 5.04. The Hall–Kier alpha value is -1.72. The van der Waals surface area contributed by atoms with Gasteiger partial charge >= 0.3 is 5.97 Å². The molecule has 0 spiro atoms. The van der Waals surface area contributed by atoms with Gasteiger partial charge in [-0.1, -0.05) is 30.3 Å². The zero-order valence-electron chi connectivity index (χ0n) is 11.0. The first-order valence-electron chi connectivity index (χ1n) is 6.68. The molecule has 0 atom stereocenters. The third-order valence-electron chi connectivity index (χ3n) is 3.34. The fourth-order valence-electron chi connectivity index (χ4n) is 2.23. The Morgan fingerprint density at radius 3 is 2.75 bits per heavy atom. The van der Waals surface area contributed by atoms with E-state index in [4.69, 9.17) is 5.11 Å². The lowest BCUT2D eigenvalue weighted by Crippen LogP contribution is -2.31. The van der Waals surface area contributed by atoms with Crippen molar-refractivity contribution in [1.82, 2.24) is 9.88 Å². The van der Waals surface area contributed by atoms with Gasteiger partial charge in [0.2, 0.25) is 0 Å². The van der Waals surface area contributed by atoms with Gasteiger partial charge in [-0.3, -0.25) is 9.69 Å². The molecule has 20 heavy (non-hydrogen) atoms. The topological polar surface area (TPSA) is 53.4 Å². The number of hydrogen-bond acceptors (Lipinski definition) is 4. The molecule has 0 unspecified atom stereocenters. The average Bonchev–Trinajstić information content (AvgIpc) is 3.19. The zero-order chi connectivity index (χ0) is 13.9. The van der Waals surface area contributed by atoms with E-state index in [2.05, 4.69) is 4.98 Å². The molecule has 1 aromatic heterocycles. The molecule has 0 radical (unpaired) electrons. The number of thiazole rings is 1. The summed E-state index contributed by atoms with van der Waals surface area (Å²) in [5.74, 6) is -0.768. The number of carboxylic acid groups (broad SMARTS) is 1. The minimum atomic E-state index is -0.768. The molecule has 5 heteroatoms. The van der Waals surface area contributed by atoms with Crippen LogP contribution in [0.1, 0.15) is 18.5 Å². The molecule has 0 saturated heterocycles. The van der Waals surface area contributed by atoms with Crippen molar-refractivity contribution >= 4 is 17.3 Å². The van der Waals surface area contributed by atoms with Crippen molar-refractivity contribution in [2.24, 2.45) is 0 Å².